The van der Waals surface area contributed by atoms with Crippen molar-refractivity contribution in [1.29, 1.82) is 0 Å². The molecule has 1 aliphatic carbocycles. The number of nitrogens with zero attached hydrogens (tertiary/aromatic N) is 3. The average Bonchev–Trinajstić information content (AvgIpc) is 2.71. The maximum Gasteiger partial charge on any atom is 0.243 e. The molecular formula is C12H16N4O. The summed E-state index contributed by atoms with van der Waals surface area (Å²) in [4.78, 5) is 4.38. The number of aliphatic hydroxyl groups is 1. The van der Waals surface area contributed by atoms with Crippen molar-refractivity contribution in [1.82, 2.24) is 14.6 Å². The van der Waals surface area contributed by atoms with Crippen LogP contribution in [0.25, 0.3) is 5.65 Å². The van der Waals surface area contributed by atoms with E-state index in [9.17, 15) is 5.11 Å². The second-order valence-corrected chi connectivity index (χ2v) is 5.21. The highest BCUT2D eigenvalue weighted by Gasteiger charge is 2.47. The summed E-state index contributed by atoms with van der Waals surface area (Å²) < 4.78 is 1.74. The summed E-state index contributed by atoms with van der Waals surface area (Å²) in [6, 6.07) is 6.00. The van der Waals surface area contributed by atoms with Crippen molar-refractivity contribution in [2.75, 3.05) is 5.32 Å². The van der Waals surface area contributed by atoms with E-state index in [0.29, 0.717) is 5.95 Å². The SMILES string of the molecule is CC1(C)C(O)CC1Nc1nc2ccccn2n1. The zero-order valence-corrected chi connectivity index (χ0v) is 9.96. The number of fused-ring (bicyclic) bond motifs is 1. The van der Waals surface area contributed by atoms with Gasteiger partial charge in [0.2, 0.25) is 5.95 Å². The van der Waals surface area contributed by atoms with Crippen LogP contribution in [-0.4, -0.2) is 31.9 Å². The largest absolute Gasteiger partial charge is 0.392 e. The van der Waals surface area contributed by atoms with Crippen LogP contribution >= 0.6 is 0 Å². The van der Waals surface area contributed by atoms with Crippen molar-refractivity contribution in [3.8, 4) is 0 Å². The molecule has 0 saturated heterocycles. The van der Waals surface area contributed by atoms with Gasteiger partial charge in [0, 0.05) is 17.7 Å². The monoisotopic (exact) mass is 232 g/mol. The van der Waals surface area contributed by atoms with E-state index in [2.05, 4.69) is 29.2 Å². The number of nitrogens with one attached hydrogen (secondary N) is 1. The van der Waals surface area contributed by atoms with E-state index in [1.165, 1.54) is 0 Å². The lowest BCUT2D eigenvalue weighted by Crippen LogP contribution is -2.57. The quantitative estimate of drug-likeness (QED) is 0.819. The first-order chi connectivity index (χ1) is 8.07. The van der Waals surface area contributed by atoms with Crippen molar-refractivity contribution >= 4 is 11.6 Å². The highest BCUT2D eigenvalue weighted by molar-refractivity contribution is 5.43. The van der Waals surface area contributed by atoms with Crippen molar-refractivity contribution in [3.63, 3.8) is 0 Å². The molecule has 1 saturated carbocycles. The number of rotatable bonds is 2. The van der Waals surface area contributed by atoms with Crippen molar-refractivity contribution < 1.29 is 5.11 Å². The highest BCUT2D eigenvalue weighted by Crippen LogP contribution is 2.41. The summed E-state index contributed by atoms with van der Waals surface area (Å²) in [5.41, 5.74) is 0.713. The second-order valence-electron chi connectivity index (χ2n) is 5.21. The molecule has 2 unspecified atom stereocenters. The highest BCUT2D eigenvalue weighted by atomic mass is 16.3. The Hall–Kier alpha value is -1.62. The van der Waals surface area contributed by atoms with E-state index < -0.39 is 0 Å². The maximum absolute atomic E-state index is 9.68. The summed E-state index contributed by atoms with van der Waals surface area (Å²) in [5.74, 6) is 0.626. The fraction of sp³-hybridized carbons (Fsp3) is 0.500. The van der Waals surface area contributed by atoms with Crippen molar-refractivity contribution in [2.45, 2.75) is 32.4 Å². The predicted octanol–water partition coefficient (Wildman–Crippen LogP) is 1.30. The number of hydrogen-bond donors (Lipinski definition) is 2. The van der Waals surface area contributed by atoms with Crippen LogP contribution in [0.15, 0.2) is 24.4 Å². The van der Waals surface area contributed by atoms with Crippen LogP contribution in [0.5, 0.6) is 0 Å². The number of aromatic nitrogens is 3. The molecule has 0 aromatic carbocycles. The molecule has 17 heavy (non-hydrogen) atoms. The molecule has 5 heteroatoms. The summed E-state index contributed by atoms with van der Waals surface area (Å²) in [6.45, 7) is 4.10. The zero-order valence-electron chi connectivity index (χ0n) is 9.96. The standard InChI is InChI=1S/C12H16N4O/c1-12(2)8(7-9(12)17)13-11-14-10-5-3-4-6-16(10)15-11/h3-6,8-9,17H,7H2,1-2H3,(H,13,15). The molecule has 2 aromatic rings. The first-order valence-electron chi connectivity index (χ1n) is 5.83. The first kappa shape index (κ1) is 10.5. The van der Waals surface area contributed by atoms with E-state index in [1.807, 2.05) is 24.4 Å². The van der Waals surface area contributed by atoms with E-state index in [4.69, 9.17) is 0 Å². The molecule has 2 aromatic heterocycles. The van der Waals surface area contributed by atoms with Crippen LogP contribution in [0, 0.1) is 5.41 Å². The number of aliphatic hydroxyl groups excluding tert-OH is 1. The molecule has 90 valence electrons. The first-order valence-corrected chi connectivity index (χ1v) is 5.83. The molecule has 0 bridgehead atoms. The Labute approximate surface area is 99.5 Å². The molecule has 2 N–H and O–H groups in total. The van der Waals surface area contributed by atoms with E-state index >= 15 is 0 Å². The summed E-state index contributed by atoms with van der Waals surface area (Å²) >= 11 is 0. The van der Waals surface area contributed by atoms with Crippen LogP contribution < -0.4 is 5.32 Å². The van der Waals surface area contributed by atoms with Gasteiger partial charge in [0.1, 0.15) is 0 Å². The summed E-state index contributed by atoms with van der Waals surface area (Å²) in [5, 5.41) is 17.3. The molecule has 3 rings (SSSR count). The Kier molecular flexibility index (Phi) is 2.13. The van der Waals surface area contributed by atoms with Gasteiger partial charge in [-0.2, -0.15) is 4.98 Å². The van der Waals surface area contributed by atoms with Crippen LogP contribution in [-0.2, 0) is 0 Å². The Morgan fingerprint density at radius 3 is 2.94 bits per heavy atom. The lowest BCUT2D eigenvalue weighted by atomic mass is 9.65. The van der Waals surface area contributed by atoms with Gasteiger partial charge in [-0.25, -0.2) is 4.52 Å². The Morgan fingerprint density at radius 1 is 1.47 bits per heavy atom. The van der Waals surface area contributed by atoms with Gasteiger partial charge in [-0.15, -0.1) is 5.10 Å². The molecule has 0 spiro atoms. The normalized spacial score (nSPS) is 26.8. The van der Waals surface area contributed by atoms with E-state index in [1.54, 1.807) is 4.52 Å². The maximum atomic E-state index is 9.68. The van der Waals surface area contributed by atoms with Crippen LogP contribution in [0.1, 0.15) is 20.3 Å². The Balaban J connectivity index is 1.82. The third kappa shape index (κ3) is 1.58. The minimum Gasteiger partial charge on any atom is -0.392 e. The third-order valence-corrected chi connectivity index (χ3v) is 3.76. The lowest BCUT2D eigenvalue weighted by Gasteiger charge is -2.49. The summed E-state index contributed by atoms with van der Waals surface area (Å²) in [6.07, 6.45) is 2.38. The number of anilines is 1. The lowest BCUT2D eigenvalue weighted by molar-refractivity contribution is -0.0512. The van der Waals surface area contributed by atoms with Gasteiger partial charge >= 0.3 is 0 Å². The fourth-order valence-corrected chi connectivity index (χ4v) is 2.20. The smallest absolute Gasteiger partial charge is 0.243 e. The Bertz CT molecular complexity index is 515. The number of pyridine rings is 1. The number of hydrogen-bond acceptors (Lipinski definition) is 4. The van der Waals surface area contributed by atoms with Crippen LogP contribution in [0.4, 0.5) is 5.95 Å². The van der Waals surface area contributed by atoms with E-state index in [0.717, 1.165) is 12.1 Å². The molecule has 0 aliphatic heterocycles. The van der Waals surface area contributed by atoms with Crippen LogP contribution in [0.2, 0.25) is 0 Å². The minimum atomic E-state index is -0.239. The van der Waals surface area contributed by atoms with Gasteiger partial charge in [-0.3, -0.25) is 0 Å². The summed E-state index contributed by atoms with van der Waals surface area (Å²) in [7, 11) is 0. The Morgan fingerprint density at radius 2 is 2.29 bits per heavy atom. The molecule has 2 atom stereocenters. The molecule has 2 heterocycles. The average molecular weight is 232 g/mol. The molecule has 0 amide bonds. The molecule has 0 radical (unpaired) electrons. The topological polar surface area (TPSA) is 62.5 Å². The zero-order chi connectivity index (χ0) is 12.0. The van der Waals surface area contributed by atoms with Crippen LogP contribution in [0.3, 0.4) is 0 Å². The van der Waals surface area contributed by atoms with Crippen molar-refractivity contribution in [3.05, 3.63) is 24.4 Å². The van der Waals surface area contributed by atoms with Gasteiger partial charge in [0.15, 0.2) is 5.65 Å². The molecule has 1 aliphatic rings. The second kappa shape index (κ2) is 3.43. The van der Waals surface area contributed by atoms with Gasteiger partial charge in [-0.1, -0.05) is 19.9 Å². The van der Waals surface area contributed by atoms with Gasteiger partial charge < -0.3 is 10.4 Å². The van der Waals surface area contributed by atoms with Gasteiger partial charge in [0.25, 0.3) is 0 Å². The molecular weight excluding hydrogens is 216 g/mol. The minimum absolute atomic E-state index is 0.114. The van der Waals surface area contributed by atoms with Gasteiger partial charge in [-0.05, 0) is 18.6 Å². The predicted molar refractivity (Wildman–Crippen MR) is 64.8 cm³/mol. The molecule has 5 nitrogen and oxygen atoms in total. The third-order valence-electron chi connectivity index (χ3n) is 3.76. The fourth-order valence-electron chi connectivity index (χ4n) is 2.20. The van der Waals surface area contributed by atoms with Crippen molar-refractivity contribution in [2.24, 2.45) is 5.41 Å². The van der Waals surface area contributed by atoms with Gasteiger partial charge in [0.05, 0.1) is 6.10 Å². The van der Waals surface area contributed by atoms with E-state index in [-0.39, 0.29) is 17.6 Å². The molecule has 1 fully saturated rings.